The van der Waals surface area contributed by atoms with Crippen molar-refractivity contribution in [3.63, 3.8) is 0 Å². The maximum atomic E-state index is 11.3. The summed E-state index contributed by atoms with van der Waals surface area (Å²) >= 11 is 1.35. The topological polar surface area (TPSA) is 109 Å². The number of anilines is 1. The van der Waals surface area contributed by atoms with Crippen LogP contribution in [0.25, 0.3) is 10.2 Å². The summed E-state index contributed by atoms with van der Waals surface area (Å²) < 4.78 is 0.804. The number of nitrogens with one attached hydrogen (secondary N) is 1. The largest absolute Gasteiger partial charge is 0.480 e. The molecule has 2 N–H and O–H groups in total. The van der Waals surface area contributed by atoms with Crippen LogP contribution in [0, 0.1) is 10.1 Å². The number of piperazine rings is 1. The van der Waals surface area contributed by atoms with E-state index in [2.05, 4.69) is 10.3 Å². The van der Waals surface area contributed by atoms with Crippen molar-refractivity contribution in [1.82, 2.24) is 10.3 Å². The minimum absolute atomic E-state index is 0. The normalized spacial score (nSPS) is 18.0. The summed E-state index contributed by atoms with van der Waals surface area (Å²) in [5.41, 5.74) is 0.501. The van der Waals surface area contributed by atoms with Crippen LogP contribution in [0.2, 0.25) is 0 Å². The van der Waals surface area contributed by atoms with Gasteiger partial charge in [-0.2, -0.15) is 0 Å². The fourth-order valence-corrected chi connectivity index (χ4v) is 3.32. The summed E-state index contributed by atoms with van der Waals surface area (Å²) in [6.07, 6.45) is 0. The van der Waals surface area contributed by atoms with Crippen molar-refractivity contribution in [3.05, 3.63) is 28.3 Å². The number of hydrogen-bond donors (Lipinski definition) is 2. The molecule has 1 aliphatic rings. The molecule has 0 spiro atoms. The number of nitrogens with zero attached hydrogens (tertiary/aromatic N) is 3. The Bertz CT molecular complexity index is 722. The number of aromatic nitrogens is 1. The SMILES string of the molecule is Cl.O=C(O)C1CNCCN1c1nc2cc([N+](=O)[O-])ccc2s1. The van der Waals surface area contributed by atoms with Gasteiger partial charge in [-0.25, -0.2) is 9.78 Å². The lowest BCUT2D eigenvalue weighted by Crippen LogP contribution is -2.55. The lowest BCUT2D eigenvalue weighted by atomic mass is 10.2. The van der Waals surface area contributed by atoms with Crippen molar-refractivity contribution in [2.24, 2.45) is 0 Å². The van der Waals surface area contributed by atoms with E-state index in [1.54, 1.807) is 11.0 Å². The number of hydrogen-bond acceptors (Lipinski definition) is 7. The molecule has 2 aromatic rings. The Balaban J connectivity index is 0.00000176. The van der Waals surface area contributed by atoms with Crippen LogP contribution in [0.15, 0.2) is 18.2 Å². The summed E-state index contributed by atoms with van der Waals surface area (Å²) in [4.78, 5) is 27.7. The Morgan fingerprint density at radius 2 is 2.32 bits per heavy atom. The number of carboxylic acids is 1. The summed E-state index contributed by atoms with van der Waals surface area (Å²) in [5.74, 6) is -0.910. The molecule has 0 radical (unpaired) electrons. The summed E-state index contributed by atoms with van der Waals surface area (Å²) in [7, 11) is 0. The molecular formula is C12H13ClN4O4S. The van der Waals surface area contributed by atoms with E-state index in [0.717, 1.165) is 4.70 Å². The van der Waals surface area contributed by atoms with Gasteiger partial charge in [0.15, 0.2) is 5.13 Å². The van der Waals surface area contributed by atoms with Gasteiger partial charge in [-0.05, 0) is 6.07 Å². The molecule has 2 heterocycles. The quantitative estimate of drug-likeness (QED) is 0.641. The van der Waals surface area contributed by atoms with Gasteiger partial charge in [0, 0.05) is 31.8 Å². The summed E-state index contributed by atoms with van der Waals surface area (Å²) in [6, 6.07) is 3.81. The smallest absolute Gasteiger partial charge is 0.327 e. The second kappa shape index (κ2) is 6.42. The number of carboxylic acid groups (broad SMARTS) is 1. The van der Waals surface area contributed by atoms with Gasteiger partial charge >= 0.3 is 5.97 Å². The molecule has 118 valence electrons. The molecule has 1 unspecified atom stereocenters. The predicted octanol–water partition coefficient (Wildman–Crippen LogP) is 1.49. The number of rotatable bonds is 3. The van der Waals surface area contributed by atoms with Crippen molar-refractivity contribution in [1.29, 1.82) is 0 Å². The zero-order valence-electron chi connectivity index (χ0n) is 11.3. The van der Waals surface area contributed by atoms with Gasteiger partial charge in [-0.1, -0.05) is 11.3 Å². The number of nitro groups is 1. The van der Waals surface area contributed by atoms with E-state index in [1.165, 1.54) is 23.5 Å². The van der Waals surface area contributed by atoms with Gasteiger partial charge in [0.25, 0.3) is 5.69 Å². The summed E-state index contributed by atoms with van der Waals surface area (Å²) in [5, 5.41) is 23.7. The Hall–Kier alpha value is -1.97. The maximum Gasteiger partial charge on any atom is 0.327 e. The lowest BCUT2D eigenvalue weighted by Gasteiger charge is -2.33. The second-order valence-electron chi connectivity index (χ2n) is 4.66. The Labute approximate surface area is 135 Å². The molecule has 0 aliphatic carbocycles. The number of carbonyl (C=O) groups is 1. The highest BCUT2D eigenvalue weighted by Gasteiger charge is 2.30. The highest BCUT2D eigenvalue weighted by atomic mass is 35.5. The van der Waals surface area contributed by atoms with Crippen molar-refractivity contribution in [2.75, 3.05) is 24.5 Å². The predicted molar refractivity (Wildman–Crippen MR) is 85.2 cm³/mol. The third kappa shape index (κ3) is 2.96. The summed E-state index contributed by atoms with van der Waals surface area (Å²) in [6.45, 7) is 1.57. The zero-order chi connectivity index (χ0) is 15.0. The molecule has 3 rings (SSSR count). The average molecular weight is 345 g/mol. The Morgan fingerprint density at radius 1 is 1.55 bits per heavy atom. The van der Waals surface area contributed by atoms with E-state index >= 15 is 0 Å². The minimum Gasteiger partial charge on any atom is -0.480 e. The van der Waals surface area contributed by atoms with Gasteiger partial charge in [0.05, 0.1) is 15.1 Å². The Morgan fingerprint density at radius 3 is 3.00 bits per heavy atom. The van der Waals surface area contributed by atoms with Crippen molar-refractivity contribution in [2.45, 2.75) is 6.04 Å². The Kier molecular flexibility index (Phi) is 4.79. The molecule has 1 aromatic carbocycles. The molecule has 1 aromatic heterocycles. The van der Waals surface area contributed by atoms with Crippen LogP contribution in [-0.2, 0) is 4.79 Å². The molecule has 22 heavy (non-hydrogen) atoms. The van der Waals surface area contributed by atoms with E-state index < -0.39 is 16.9 Å². The molecule has 0 saturated carbocycles. The monoisotopic (exact) mass is 344 g/mol. The first-order chi connectivity index (χ1) is 10.1. The third-order valence-electron chi connectivity index (χ3n) is 3.34. The van der Waals surface area contributed by atoms with Gasteiger partial charge in [0.2, 0.25) is 0 Å². The van der Waals surface area contributed by atoms with Crippen LogP contribution in [0.1, 0.15) is 0 Å². The lowest BCUT2D eigenvalue weighted by molar-refractivity contribution is -0.384. The van der Waals surface area contributed by atoms with Crippen LogP contribution >= 0.6 is 23.7 Å². The molecular weight excluding hydrogens is 332 g/mol. The molecule has 0 bridgehead atoms. The van der Waals surface area contributed by atoms with Gasteiger partial charge in [-0.3, -0.25) is 10.1 Å². The van der Waals surface area contributed by atoms with Crippen molar-refractivity contribution < 1.29 is 14.8 Å². The molecule has 1 saturated heterocycles. The highest BCUT2D eigenvalue weighted by Crippen LogP contribution is 2.32. The fraction of sp³-hybridized carbons (Fsp3) is 0.333. The van der Waals surface area contributed by atoms with E-state index in [1.807, 2.05) is 0 Å². The molecule has 0 amide bonds. The highest BCUT2D eigenvalue weighted by molar-refractivity contribution is 7.22. The van der Waals surface area contributed by atoms with E-state index in [9.17, 15) is 20.0 Å². The van der Waals surface area contributed by atoms with E-state index in [0.29, 0.717) is 30.3 Å². The van der Waals surface area contributed by atoms with Gasteiger partial charge in [-0.15, -0.1) is 12.4 Å². The number of thiazole rings is 1. The van der Waals surface area contributed by atoms with Gasteiger partial charge in [0.1, 0.15) is 6.04 Å². The van der Waals surface area contributed by atoms with E-state index in [-0.39, 0.29) is 18.1 Å². The first-order valence-corrected chi connectivity index (χ1v) is 7.13. The molecule has 10 heteroatoms. The van der Waals surface area contributed by atoms with Crippen LogP contribution in [-0.4, -0.2) is 46.7 Å². The van der Waals surface area contributed by atoms with E-state index in [4.69, 9.17) is 0 Å². The van der Waals surface area contributed by atoms with Crippen LogP contribution in [0.3, 0.4) is 0 Å². The third-order valence-corrected chi connectivity index (χ3v) is 4.42. The second-order valence-corrected chi connectivity index (χ2v) is 5.67. The van der Waals surface area contributed by atoms with Crippen LogP contribution in [0.5, 0.6) is 0 Å². The number of non-ortho nitro benzene ring substituents is 1. The molecule has 1 aliphatic heterocycles. The number of aliphatic carboxylic acids is 1. The fourth-order valence-electron chi connectivity index (χ4n) is 2.29. The van der Waals surface area contributed by atoms with Crippen molar-refractivity contribution >= 4 is 50.7 Å². The first kappa shape index (κ1) is 16.4. The average Bonchev–Trinajstić information content (AvgIpc) is 2.89. The van der Waals surface area contributed by atoms with Crippen molar-refractivity contribution in [3.8, 4) is 0 Å². The standard InChI is InChI=1S/C12H12N4O4S.ClH/c17-11(18)9-6-13-3-4-15(9)12-14-8-5-7(16(19)20)1-2-10(8)21-12;/h1-2,5,9,13H,3-4,6H2,(H,17,18);1H. The molecule has 1 atom stereocenters. The van der Waals surface area contributed by atoms with Crippen LogP contribution < -0.4 is 10.2 Å². The minimum atomic E-state index is -0.910. The maximum absolute atomic E-state index is 11.3. The number of nitro benzene ring substituents is 1. The zero-order valence-corrected chi connectivity index (χ0v) is 12.9. The van der Waals surface area contributed by atoms with Crippen LogP contribution in [0.4, 0.5) is 10.8 Å². The number of fused-ring (bicyclic) bond motifs is 1. The molecule has 8 nitrogen and oxygen atoms in total. The van der Waals surface area contributed by atoms with Gasteiger partial charge < -0.3 is 15.3 Å². The molecule has 1 fully saturated rings. The first-order valence-electron chi connectivity index (χ1n) is 6.31. The number of benzene rings is 1. The number of halogens is 1.